The van der Waals surface area contributed by atoms with Crippen LogP contribution in [0.25, 0.3) is 0 Å². The van der Waals surface area contributed by atoms with Crippen LogP contribution in [0, 0.1) is 11.6 Å². The van der Waals surface area contributed by atoms with Crippen molar-refractivity contribution in [3.05, 3.63) is 47.0 Å². The molecule has 0 unspecified atom stereocenters. The Bertz CT molecular complexity index is 951. The number of nitrogens with zero attached hydrogens (tertiary/aromatic N) is 2. The van der Waals surface area contributed by atoms with Gasteiger partial charge in [-0.3, -0.25) is 9.59 Å². The van der Waals surface area contributed by atoms with Crippen LogP contribution >= 0.6 is 0 Å². The van der Waals surface area contributed by atoms with Gasteiger partial charge in [-0.05, 0) is 25.7 Å². The first kappa shape index (κ1) is 21.6. The third kappa shape index (κ3) is 4.38. The fourth-order valence-electron chi connectivity index (χ4n) is 3.26. The molecule has 2 amide bonds. The SMILES string of the molecule is CCCOc1cc(F)cc(F)c1NC=O.NC(=O)c1ncc2c(n1)C1(CCC1)OC2. The van der Waals surface area contributed by atoms with Gasteiger partial charge in [0.2, 0.25) is 12.2 Å². The molecule has 1 fully saturated rings. The van der Waals surface area contributed by atoms with Crippen molar-refractivity contribution in [1.82, 2.24) is 9.97 Å². The summed E-state index contributed by atoms with van der Waals surface area (Å²) in [6, 6.07) is 1.72. The molecule has 1 aliphatic heterocycles. The second-order valence-corrected chi connectivity index (χ2v) is 6.94. The number of carbonyl (C=O) groups excluding carboxylic acids is 2. The second-order valence-electron chi connectivity index (χ2n) is 6.94. The lowest BCUT2D eigenvalue weighted by molar-refractivity contribution is -0.105. The van der Waals surface area contributed by atoms with E-state index >= 15 is 0 Å². The predicted molar refractivity (Wildman–Crippen MR) is 103 cm³/mol. The number of fused-ring (bicyclic) bond motifs is 2. The molecule has 0 bridgehead atoms. The number of primary amides is 1. The molecule has 2 aliphatic rings. The molecule has 30 heavy (non-hydrogen) atoms. The molecule has 2 heterocycles. The minimum absolute atomic E-state index is 0.00134. The van der Waals surface area contributed by atoms with E-state index in [9.17, 15) is 18.4 Å². The van der Waals surface area contributed by atoms with Crippen LogP contribution in [-0.2, 0) is 21.7 Å². The number of anilines is 1. The number of benzene rings is 1. The fraction of sp³-hybridized carbons (Fsp3) is 0.400. The number of amides is 2. The van der Waals surface area contributed by atoms with Crippen LogP contribution in [0.1, 0.15) is 54.5 Å². The highest BCUT2D eigenvalue weighted by atomic mass is 19.1. The minimum Gasteiger partial charge on any atom is -0.491 e. The van der Waals surface area contributed by atoms with Gasteiger partial charge in [0.25, 0.3) is 5.91 Å². The normalized spacial score (nSPS) is 15.4. The van der Waals surface area contributed by atoms with E-state index in [1.807, 2.05) is 6.92 Å². The number of hydrogen-bond acceptors (Lipinski definition) is 6. The third-order valence-electron chi connectivity index (χ3n) is 4.87. The molecule has 2 aromatic rings. The molecule has 160 valence electrons. The summed E-state index contributed by atoms with van der Waals surface area (Å²) in [5.41, 5.74) is 6.64. The number of hydrogen-bond donors (Lipinski definition) is 2. The molecule has 1 aromatic heterocycles. The Hall–Kier alpha value is -3.14. The van der Waals surface area contributed by atoms with Crippen molar-refractivity contribution in [2.45, 2.75) is 44.8 Å². The van der Waals surface area contributed by atoms with Crippen LogP contribution in [0.15, 0.2) is 18.3 Å². The van der Waals surface area contributed by atoms with Crippen LogP contribution in [0.2, 0.25) is 0 Å². The van der Waals surface area contributed by atoms with Gasteiger partial charge in [-0.15, -0.1) is 0 Å². The Labute approximate surface area is 171 Å². The van der Waals surface area contributed by atoms with Gasteiger partial charge in [0.05, 0.1) is 18.9 Å². The van der Waals surface area contributed by atoms with Crippen LogP contribution in [-0.4, -0.2) is 28.9 Å². The molecule has 1 saturated carbocycles. The maximum Gasteiger partial charge on any atom is 0.286 e. The number of aromatic nitrogens is 2. The maximum absolute atomic E-state index is 13.2. The Morgan fingerprint density at radius 2 is 2.17 bits per heavy atom. The number of halogens is 2. The predicted octanol–water partition coefficient (Wildman–Crippen LogP) is 2.81. The first-order valence-corrected chi connectivity index (χ1v) is 9.52. The third-order valence-corrected chi connectivity index (χ3v) is 4.87. The molecule has 10 heteroatoms. The van der Waals surface area contributed by atoms with Crippen LogP contribution in [0.3, 0.4) is 0 Å². The molecule has 3 N–H and O–H groups in total. The summed E-state index contributed by atoms with van der Waals surface area (Å²) in [5, 5.41) is 2.13. The van der Waals surface area contributed by atoms with Gasteiger partial charge >= 0.3 is 0 Å². The van der Waals surface area contributed by atoms with Gasteiger partial charge in [-0.1, -0.05) is 6.92 Å². The van der Waals surface area contributed by atoms with E-state index in [2.05, 4.69) is 15.3 Å². The zero-order valence-corrected chi connectivity index (χ0v) is 16.4. The standard InChI is InChI=1S/C10H11F2NO2.C10H11N3O2/c1-2-3-15-9-5-7(11)4-8(12)10(9)13-6-14;11-8(14)9-12-4-6-5-15-10(2-1-3-10)7(6)13-9/h4-6H,2-3H2,1H3,(H,13,14);4H,1-3,5H2,(H2,11,14). The van der Waals surface area contributed by atoms with Crippen LogP contribution in [0.4, 0.5) is 14.5 Å². The molecule has 0 saturated heterocycles. The highest BCUT2D eigenvalue weighted by Crippen LogP contribution is 2.49. The highest BCUT2D eigenvalue weighted by molar-refractivity contribution is 5.88. The Balaban J connectivity index is 0.000000171. The summed E-state index contributed by atoms with van der Waals surface area (Å²) < 4.78 is 36.8. The molecular formula is C20H22F2N4O4. The van der Waals surface area contributed by atoms with Crippen molar-refractivity contribution in [3.8, 4) is 5.75 Å². The number of carbonyl (C=O) groups is 2. The van der Waals surface area contributed by atoms with Gasteiger partial charge in [-0.25, -0.2) is 18.7 Å². The molecule has 1 spiro atoms. The summed E-state index contributed by atoms with van der Waals surface area (Å²) in [4.78, 5) is 29.3. The number of nitrogens with two attached hydrogens (primary N) is 1. The van der Waals surface area contributed by atoms with Gasteiger partial charge in [0, 0.05) is 23.9 Å². The van der Waals surface area contributed by atoms with Crippen LogP contribution in [0.5, 0.6) is 5.75 Å². The van der Waals surface area contributed by atoms with E-state index in [0.29, 0.717) is 32.1 Å². The minimum atomic E-state index is -0.854. The quantitative estimate of drug-likeness (QED) is 0.694. The summed E-state index contributed by atoms with van der Waals surface area (Å²) in [5.74, 6) is -2.09. The Kier molecular flexibility index (Phi) is 6.56. The van der Waals surface area contributed by atoms with E-state index in [-0.39, 0.29) is 22.9 Å². The number of rotatable bonds is 6. The monoisotopic (exact) mass is 420 g/mol. The zero-order valence-electron chi connectivity index (χ0n) is 16.4. The highest BCUT2D eigenvalue weighted by Gasteiger charge is 2.47. The number of nitrogens with one attached hydrogen (secondary N) is 1. The molecule has 8 nitrogen and oxygen atoms in total. The van der Waals surface area contributed by atoms with Crippen molar-refractivity contribution in [3.63, 3.8) is 0 Å². The summed E-state index contributed by atoms with van der Waals surface area (Å²) in [6.07, 6.45) is 5.78. The van der Waals surface area contributed by atoms with Crippen molar-refractivity contribution < 1.29 is 27.8 Å². The number of ether oxygens (including phenoxy) is 2. The van der Waals surface area contributed by atoms with E-state index < -0.39 is 17.5 Å². The molecule has 1 aromatic carbocycles. The van der Waals surface area contributed by atoms with Gasteiger partial charge in [0.15, 0.2) is 5.82 Å². The van der Waals surface area contributed by atoms with E-state index in [1.165, 1.54) is 0 Å². The lowest BCUT2D eigenvalue weighted by Crippen LogP contribution is -2.34. The molecular weight excluding hydrogens is 398 g/mol. The second kappa shape index (κ2) is 9.12. The van der Waals surface area contributed by atoms with Crippen molar-refractivity contribution in [2.24, 2.45) is 5.73 Å². The molecule has 4 rings (SSSR count). The lowest BCUT2D eigenvalue weighted by Gasteiger charge is -2.36. The molecule has 1 aliphatic carbocycles. The average Bonchev–Trinajstić information content (AvgIpc) is 3.08. The zero-order chi connectivity index (χ0) is 21.7. The fourth-order valence-corrected chi connectivity index (χ4v) is 3.26. The first-order chi connectivity index (χ1) is 14.4. The maximum atomic E-state index is 13.2. The lowest BCUT2D eigenvalue weighted by atomic mass is 9.77. The Morgan fingerprint density at radius 1 is 1.40 bits per heavy atom. The van der Waals surface area contributed by atoms with Gasteiger partial charge in [-0.2, -0.15) is 0 Å². The summed E-state index contributed by atoms with van der Waals surface area (Å²) in [6.45, 7) is 2.74. The Morgan fingerprint density at radius 3 is 2.77 bits per heavy atom. The molecule has 0 radical (unpaired) electrons. The first-order valence-electron chi connectivity index (χ1n) is 9.52. The topological polar surface area (TPSA) is 116 Å². The van der Waals surface area contributed by atoms with Gasteiger partial charge in [0.1, 0.15) is 22.9 Å². The van der Waals surface area contributed by atoms with E-state index in [0.717, 1.165) is 36.6 Å². The summed E-state index contributed by atoms with van der Waals surface area (Å²) >= 11 is 0. The summed E-state index contributed by atoms with van der Waals surface area (Å²) in [7, 11) is 0. The van der Waals surface area contributed by atoms with E-state index in [1.54, 1.807) is 6.20 Å². The van der Waals surface area contributed by atoms with E-state index in [4.69, 9.17) is 15.2 Å². The van der Waals surface area contributed by atoms with Gasteiger partial charge < -0.3 is 20.5 Å². The largest absolute Gasteiger partial charge is 0.491 e. The van der Waals surface area contributed by atoms with Crippen molar-refractivity contribution in [2.75, 3.05) is 11.9 Å². The average molecular weight is 420 g/mol. The smallest absolute Gasteiger partial charge is 0.286 e. The van der Waals surface area contributed by atoms with Crippen LogP contribution < -0.4 is 15.8 Å². The van der Waals surface area contributed by atoms with Crippen molar-refractivity contribution in [1.29, 1.82) is 0 Å². The molecule has 0 atom stereocenters. The van der Waals surface area contributed by atoms with Crippen molar-refractivity contribution >= 4 is 18.0 Å².